The molecule has 1 unspecified atom stereocenters. The number of benzene rings is 1. The highest BCUT2D eigenvalue weighted by Crippen LogP contribution is 2.10. The molecule has 118 valence electrons. The molecule has 1 atom stereocenters. The first-order valence-electron chi connectivity index (χ1n) is 6.47. The van der Waals surface area contributed by atoms with Crippen LogP contribution in [0.4, 0.5) is 4.79 Å². The van der Waals surface area contributed by atoms with Crippen molar-refractivity contribution in [3.63, 3.8) is 0 Å². The molecule has 0 aliphatic rings. The number of carbonyl (C=O) groups is 1. The molecule has 6 nitrogen and oxygen atoms in total. The van der Waals surface area contributed by atoms with E-state index in [2.05, 4.69) is 5.32 Å². The van der Waals surface area contributed by atoms with E-state index in [4.69, 9.17) is 8.92 Å². The third kappa shape index (κ3) is 8.31. The molecule has 21 heavy (non-hydrogen) atoms. The molecule has 1 aromatic rings. The van der Waals surface area contributed by atoms with E-state index >= 15 is 0 Å². The van der Waals surface area contributed by atoms with Crippen molar-refractivity contribution in [2.75, 3.05) is 6.26 Å². The average Bonchev–Trinajstić information content (AvgIpc) is 2.24. The second kappa shape index (κ2) is 6.91. The smallest absolute Gasteiger partial charge is 0.409 e. The molecule has 0 heterocycles. The predicted molar refractivity (Wildman–Crippen MR) is 79.2 cm³/mol. The van der Waals surface area contributed by atoms with Gasteiger partial charge in [-0.2, -0.15) is 8.42 Å². The van der Waals surface area contributed by atoms with Crippen LogP contribution in [0.15, 0.2) is 30.3 Å². The molecule has 0 radical (unpaired) electrons. The van der Waals surface area contributed by atoms with E-state index in [-0.39, 0.29) is 6.42 Å². The number of amides is 1. The first kappa shape index (κ1) is 17.5. The van der Waals surface area contributed by atoms with Crippen molar-refractivity contribution in [3.8, 4) is 0 Å². The van der Waals surface area contributed by atoms with Crippen molar-refractivity contribution in [2.24, 2.45) is 0 Å². The second-order valence-corrected chi connectivity index (χ2v) is 7.23. The van der Waals surface area contributed by atoms with Gasteiger partial charge < -0.3 is 4.74 Å². The number of ether oxygens (including phenoxy) is 1. The van der Waals surface area contributed by atoms with Gasteiger partial charge in [-0.05, 0) is 26.3 Å². The Morgan fingerprint density at radius 3 is 2.29 bits per heavy atom. The number of carbonyl (C=O) groups excluding carboxylic acids is 1. The summed E-state index contributed by atoms with van der Waals surface area (Å²) in [6, 6.07) is 9.11. The van der Waals surface area contributed by atoms with Crippen molar-refractivity contribution < 1.29 is 22.1 Å². The van der Waals surface area contributed by atoms with Gasteiger partial charge in [-0.1, -0.05) is 30.3 Å². The van der Waals surface area contributed by atoms with Gasteiger partial charge >= 0.3 is 6.09 Å². The SMILES string of the molecule is CC(C)(C)OC(=O)NC(Cc1ccccc1)OS(C)(=O)=O. The van der Waals surface area contributed by atoms with Crippen molar-refractivity contribution in [1.29, 1.82) is 0 Å². The van der Waals surface area contributed by atoms with E-state index in [1.54, 1.807) is 20.8 Å². The molecule has 1 amide bonds. The van der Waals surface area contributed by atoms with Crippen LogP contribution in [0.5, 0.6) is 0 Å². The maximum atomic E-state index is 11.7. The van der Waals surface area contributed by atoms with Crippen LogP contribution in [0.2, 0.25) is 0 Å². The third-order valence-corrected chi connectivity index (χ3v) is 2.81. The zero-order chi connectivity index (χ0) is 16.1. The fraction of sp³-hybridized carbons (Fsp3) is 0.500. The minimum Gasteiger partial charge on any atom is -0.444 e. The molecule has 0 aromatic heterocycles. The number of nitrogens with one attached hydrogen (secondary N) is 1. The molecule has 7 heteroatoms. The van der Waals surface area contributed by atoms with Crippen molar-refractivity contribution in [2.45, 2.75) is 39.0 Å². The summed E-state index contributed by atoms with van der Waals surface area (Å²) in [6.45, 7) is 5.16. The Kier molecular flexibility index (Phi) is 5.74. The van der Waals surface area contributed by atoms with Crippen LogP contribution in [0, 0.1) is 0 Å². The van der Waals surface area contributed by atoms with E-state index < -0.39 is 28.0 Å². The van der Waals surface area contributed by atoms with Crippen LogP contribution in [0.25, 0.3) is 0 Å². The number of rotatable bonds is 5. The van der Waals surface area contributed by atoms with Gasteiger partial charge in [0.05, 0.1) is 6.26 Å². The topological polar surface area (TPSA) is 81.7 Å². The molecular weight excluding hydrogens is 294 g/mol. The molecule has 1 aromatic carbocycles. The predicted octanol–water partition coefficient (Wildman–Crippen LogP) is 2.06. The van der Waals surface area contributed by atoms with Gasteiger partial charge in [0.15, 0.2) is 6.23 Å². The van der Waals surface area contributed by atoms with Gasteiger partial charge in [-0.15, -0.1) is 0 Å². The zero-order valence-electron chi connectivity index (χ0n) is 12.6. The van der Waals surface area contributed by atoms with Crippen LogP contribution in [-0.4, -0.2) is 32.6 Å². The van der Waals surface area contributed by atoms with Crippen LogP contribution in [-0.2, 0) is 25.5 Å². The average molecular weight is 315 g/mol. The second-order valence-electron chi connectivity index (χ2n) is 5.62. The van der Waals surface area contributed by atoms with Crippen molar-refractivity contribution >= 4 is 16.2 Å². The van der Waals surface area contributed by atoms with Crippen LogP contribution in [0.3, 0.4) is 0 Å². The van der Waals surface area contributed by atoms with Gasteiger partial charge in [0.25, 0.3) is 10.1 Å². The van der Waals surface area contributed by atoms with Gasteiger partial charge in [-0.3, -0.25) is 5.32 Å². The first-order chi connectivity index (χ1) is 9.55. The van der Waals surface area contributed by atoms with E-state index in [1.165, 1.54) is 0 Å². The monoisotopic (exact) mass is 315 g/mol. The fourth-order valence-electron chi connectivity index (χ4n) is 1.59. The fourth-order valence-corrected chi connectivity index (χ4v) is 2.13. The van der Waals surface area contributed by atoms with Gasteiger partial charge in [0, 0.05) is 6.42 Å². The molecule has 0 saturated heterocycles. The zero-order valence-corrected chi connectivity index (χ0v) is 13.4. The summed E-state index contributed by atoms with van der Waals surface area (Å²) in [7, 11) is -3.70. The van der Waals surface area contributed by atoms with E-state index in [0.717, 1.165) is 11.8 Å². The highest BCUT2D eigenvalue weighted by molar-refractivity contribution is 7.86. The van der Waals surface area contributed by atoms with Crippen molar-refractivity contribution in [3.05, 3.63) is 35.9 Å². The summed E-state index contributed by atoms with van der Waals surface area (Å²) in [4.78, 5) is 11.7. The Balaban J connectivity index is 2.76. The van der Waals surface area contributed by atoms with Gasteiger partial charge in [0.1, 0.15) is 5.60 Å². The Bertz CT molecular complexity index is 563. The third-order valence-electron chi connectivity index (χ3n) is 2.23. The summed E-state index contributed by atoms with van der Waals surface area (Å²) < 4.78 is 32.6. The minimum absolute atomic E-state index is 0.215. The summed E-state index contributed by atoms with van der Waals surface area (Å²) >= 11 is 0. The Morgan fingerprint density at radius 1 is 1.24 bits per heavy atom. The lowest BCUT2D eigenvalue weighted by molar-refractivity contribution is 0.0405. The van der Waals surface area contributed by atoms with Crippen LogP contribution >= 0.6 is 0 Å². The molecule has 0 spiro atoms. The lowest BCUT2D eigenvalue weighted by Gasteiger charge is -2.23. The first-order valence-corrected chi connectivity index (χ1v) is 8.28. The highest BCUT2D eigenvalue weighted by atomic mass is 32.2. The van der Waals surface area contributed by atoms with Gasteiger partial charge in [0.2, 0.25) is 0 Å². The molecule has 0 saturated carbocycles. The molecule has 0 aliphatic heterocycles. The maximum absolute atomic E-state index is 11.7. The standard InChI is InChI=1S/C14H21NO5S/c1-14(2,3)19-13(16)15-12(20-21(4,17)18)10-11-8-6-5-7-9-11/h5-9,12H,10H2,1-4H3,(H,15,16). The van der Waals surface area contributed by atoms with E-state index in [0.29, 0.717) is 0 Å². The molecule has 0 aliphatic carbocycles. The molecule has 1 N–H and O–H groups in total. The lowest BCUT2D eigenvalue weighted by Crippen LogP contribution is -2.42. The molecule has 1 rings (SSSR count). The summed E-state index contributed by atoms with van der Waals surface area (Å²) in [6.07, 6.45) is -0.598. The molecular formula is C14H21NO5S. The number of hydrogen-bond acceptors (Lipinski definition) is 5. The van der Waals surface area contributed by atoms with E-state index in [1.807, 2.05) is 30.3 Å². The van der Waals surface area contributed by atoms with Crippen molar-refractivity contribution in [1.82, 2.24) is 5.32 Å². The molecule has 0 fully saturated rings. The van der Waals surface area contributed by atoms with Crippen LogP contribution in [0.1, 0.15) is 26.3 Å². The maximum Gasteiger partial charge on any atom is 0.409 e. The Morgan fingerprint density at radius 2 is 1.81 bits per heavy atom. The summed E-state index contributed by atoms with van der Waals surface area (Å²) in [5, 5.41) is 2.42. The Hall–Kier alpha value is -1.60. The molecule has 0 bridgehead atoms. The Labute approximate surface area is 125 Å². The largest absolute Gasteiger partial charge is 0.444 e. The highest BCUT2D eigenvalue weighted by Gasteiger charge is 2.22. The minimum atomic E-state index is -3.70. The summed E-state index contributed by atoms with van der Waals surface area (Å²) in [5.74, 6) is 0. The quantitative estimate of drug-likeness (QED) is 0.664. The van der Waals surface area contributed by atoms with Gasteiger partial charge in [-0.25, -0.2) is 8.98 Å². The van der Waals surface area contributed by atoms with Crippen LogP contribution < -0.4 is 5.32 Å². The number of hydrogen-bond donors (Lipinski definition) is 1. The summed E-state index contributed by atoms with van der Waals surface area (Å²) in [5.41, 5.74) is 0.161. The normalized spacial score (nSPS) is 13.5. The lowest BCUT2D eigenvalue weighted by atomic mass is 10.1. The number of alkyl carbamates (subject to hydrolysis) is 1. The van der Waals surface area contributed by atoms with E-state index in [9.17, 15) is 13.2 Å².